The molecule has 5 nitrogen and oxygen atoms in total. The first-order valence-electron chi connectivity index (χ1n) is 9.95. The molecule has 0 unspecified atom stereocenters. The second kappa shape index (κ2) is 8.03. The topological polar surface area (TPSA) is 51.7 Å². The molecule has 1 aromatic carbocycles. The second-order valence-electron chi connectivity index (χ2n) is 8.33. The molecule has 1 aliphatic rings. The molecule has 0 saturated carbocycles. The number of nitrogens with zero attached hydrogens (tertiary/aromatic N) is 2. The molecular formula is C23H26N2O3S. The Bertz CT molecular complexity index is 987. The van der Waals surface area contributed by atoms with E-state index in [2.05, 4.69) is 34.6 Å². The summed E-state index contributed by atoms with van der Waals surface area (Å²) in [4.78, 5) is 19.5. The van der Waals surface area contributed by atoms with Crippen molar-refractivity contribution in [2.24, 2.45) is 0 Å². The number of thiophene rings is 1. The second-order valence-corrected chi connectivity index (χ2v) is 9.28. The predicted octanol–water partition coefficient (Wildman–Crippen LogP) is 5.74. The highest BCUT2D eigenvalue weighted by Gasteiger charge is 2.28. The number of fused-ring (bicyclic) bond motifs is 1. The highest BCUT2D eigenvalue weighted by Crippen LogP contribution is 2.37. The fraction of sp³-hybridized carbons (Fsp3) is 0.391. The standard InChI is InChI=1S/C23H26N2O3S/c1-23(2,3)28-22(26)25-10-7-18(8-11-25)27-20-14-16-6-9-24-15-17(16)13-19(20)21-5-4-12-29-21/h4-6,9,12-15,18H,7-8,10-11H2,1-3H3. The van der Waals surface area contributed by atoms with E-state index in [4.69, 9.17) is 9.47 Å². The third-order valence-electron chi connectivity index (χ3n) is 4.91. The zero-order valence-electron chi connectivity index (χ0n) is 17.1. The third-order valence-corrected chi connectivity index (χ3v) is 5.82. The largest absolute Gasteiger partial charge is 0.490 e. The van der Waals surface area contributed by atoms with Gasteiger partial charge in [-0.05, 0) is 55.8 Å². The quantitative estimate of drug-likeness (QED) is 0.552. The molecule has 3 heterocycles. The van der Waals surface area contributed by atoms with E-state index in [9.17, 15) is 4.79 Å². The Hall–Kier alpha value is -2.60. The Morgan fingerprint density at radius 2 is 1.97 bits per heavy atom. The maximum absolute atomic E-state index is 12.3. The number of rotatable bonds is 3. The number of carbonyl (C=O) groups excluding carboxylic acids is 1. The summed E-state index contributed by atoms with van der Waals surface area (Å²) in [6, 6.07) is 10.4. The molecule has 0 spiro atoms. The van der Waals surface area contributed by atoms with Crippen LogP contribution in [0, 0.1) is 0 Å². The summed E-state index contributed by atoms with van der Waals surface area (Å²) >= 11 is 1.70. The van der Waals surface area contributed by atoms with E-state index in [1.54, 1.807) is 22.4 Å². The average Bonchev–Trinajstić information content (AvgIpc) is 3.21. The van der Waals surface area contributed by atoms with Gasteiger partial charge in [0.2, 0.25) is 0 Å². The molecule has 152 valence electrons. The fourth-order valence-electron chi connectivity index (χ4n) is 3.50. The van der Waals surface area contributed by atoms with Crippen molar-refractivity contribution in [2.75, 3.05) is 13.1 Å². The number of pyridine rings is 1. The van der Waals surface area contributed by atoms with Crippen LogP contribution in [0.1, 0.15) is 33.6 Å². The van der Waals surface area contributed by atoms with Gasteiger partial charge in [-0.3, -0.25) is 4.98 Å². The Balaban J connectivity index is 1.50. The van der Waals surface area contributed by atoms with Crippen LogP contribution in [0.25, 0.3) is 21.2 Å². The molecule has 0 bridgehead atoms. The van der Waals surface area contributed by atoms with E-state index in [-0.39, 0.29) is 12.2 Å². The molecule has 1 fully saturated rings. The number of hydrogen-bond donors (Lipinski definition) is 0. The highest BCUT2D eigenvalue weighted by molar-refractivity contribution is 7.13. The van der Waals surface area contributed by atoms with E-state index in [1.165, 1.54) is 4.88 Å². The summed E-state index contributed by atoms with van der Waals surface area (Å²) in [6.45, 7) is 6.96. The maximum atomic E-state index is 12.3. The first-order valence-corrected chi connectivity index (χ1v) is 10.8. The van der Waals surface area contributed by atoms with Gasteiger partial charge in [0.05, 0.1) is 0 Å². The van der Waals surface area contributed by atoms with Crippen LogP contribution in [0.5, 0.6) is 5.75 Å². The zero-order valence-corrected chi connectivity index (χ0v) is 17.9. The Morgan fingerprint density at radius 3 is 2.66 bits per heavy atom. The summed E-state index contributed by atoms with van der Waals surface area (Å²) in [5, 5.41) is 4.29. The number of benzene rings is 1. The number of likely N-dealkylation sites (tertiary alicyclic amines) is 1. The highest BCUT2D eigenvalue weighted by atomic mass is 32.1. The zero-order chi connectivity index (χ0) is 20.4. The Morgan fingerprint density at radius 1 is 1.17 bits per heavy atom. The van der Waals surface area contributed by atoms with Crippen LogP contribution in [-0.4, -0.2) is 40.8 Å². The minimum atomic E-state index is -0.472. The molecule has 0 aliphatic carbocycles. The van der Waals surface area contributed by atoms with Crippen LogP contribution < -0.4 is 4.74 Å². The van der Waals surface area contributed by atoms with Gasteiger partial charge < -0.3 is 14.4 Å². The van der Waals surface area contributed by atoms with Crippen LogP contribution in [0.2, 0.25) is 0 Å². The first kappa shape index (κ1) is 19.7. The van der Waals surface area contributed by atoms with E-state index in [1.807, 2.05) is 33.0 Å². The number of ether oxygens (including phenoxy) is 2. The normalized spacial score (nSPS) is 15.5. The molecule has 29 heavy (non-hydrogen) atoms. The van der Waals surface area contributed by atoms with Crippen molar-refractivity contribution in [2.45, 2.75) is 45.3 Å². The Labute approximate surface area is 175 Å². The van der Waals surface area contributed by atoms with Gasteiger partial charge in [0, 0.05) is 54.2 Å². The molecule has 2 aromatic heterocycles. The molecule has 0 N–H and O–H groups in total. The number of aromatic nitrogens is 1. The number of hydrogen-bond acceptors (Lipinski definition) is 5. The van der Waals surface area contributed by atoms with Crippen molar-refractivity contribution in [1.82, 2.24) is 9.88 Å². The van der Waals surface area contributed by atoms with Crippen LogP contribution in [0.4, 0.5) is 4.79 Å². The molecule has 0 atom stereocenters. The van der Waals surface area contributed by atoms with Crippen LogP contribution >= 0.6 is 11.3 Å². The maximum Gasteiger partial charge on any atom is 0.410 e. The van der Waals surface area contributed by atoms with Gasteiger partial charge >= 0.3 is 6.09 Å². The first-order chi connectivity index (χ1) is 13.9. The minimum absolute atomic E-state index is 0.0756. The number of carbonyl (C=O) groups is 1. The fourth-order valence-corrected chi connectivity index (χ4v) is 4.25. The van der Waals surface area contributed by atoms with Crippen LogP contribution in [0.3, 0.4) is 0 Å². The minimum Gasteiger partial charge on any atom is -0.490 e. The van der Waals surface area contributed by atoms with Crippen molar-refractivity contribution in [3.63, 3.8) is 0 Å². The Kier molecular flexibility index (Phi) is 5.46. The smallest absolute Gasteiger partial charge is 0.410 e. The van der Waals surface area contributed by atoms with Crippen molar-refractivity contribution in [3.05, 3.63) is 48.1 Å². The molecule has 1 saturated heterocycles. The van der Waals surface area contributed by atoms with Gasteiger partial charge in [-0.15, -0.1) is 11.3 Å². The van der Waals surface area contributed by atoms with Gasteiger partial charge in [-0.2, -0.15) is 0 Å². The lowest BCUT2D eigenvalue weighted by Crippen LogP contribution is -2.44. The van der Waals surface area contributed by atoms with Gasteiger partial charge in [-0.25, -0.2) is 4.79 Å². The monoisotopic (exact) mass is 410 g/mol. The summed E-state index contributed by atoms with van der Waals surface area (Å²) in [5.41, 5.74) is 0.620. The number of piperidine rings is 1. The lowest BCUT2D eigenvalue weighted by atomic mass is 10.0. The number of amides is 1. The van der Waals surface area contributed by atoms with Crippen molar-refractivity contribution in [3.8, 4) is 16.2 Å². The summed E-state index contributed by atoms with van der Waals surface area (Å²) in [6.07, 6.45) is 5.10. The SMILES string of the molecule is CC(C)(C)OC(=O)N1CCC(Oc2cc3ccncc3cc2-c2cccs2)CC1. The third kappa shape index (κ3) is 4.70. The van der Waals surface area contributed by atoms with Crippen molar-refractivity contribution < 1.29 is 14.3 Å². The molecule has 6 heteroatoms. The molecule has 3 aromatic rings. The average molecular weight is 411 g/mol. The predicted molar refractivity (Wildman–Crippen MR) is 117 cm³/mol. The van der Waals surface area contributed by atoms with Crippen molar-refractivity contribution >= 4 is 28.2 Å². The van der Waals surface area contributed by atoms with E-state index < -0.39 is 5.60 Å². The molecule has 0 radical (unpaired) electrons. The van der Waals surface area contributed by atoms with E-state index in [0.29, 0.717) is 13.1 Å². The summed E-state index contributed by atoms with van der Waals surface area (Å²) in [7, 11) is 0. The van der Waals surface area contributed by atoms with Crippen molar-refractivity contribution in [1.29, 1.82) is 0 Å². The summed E-state index contributed by atoms with van der Waals surface area (Å²) in [5.74, 6) is 0.891. The van der Waals surface area contributed by atoms with E-state index >= 15 is 0 Å². The van der Waals surface area contributed by atoms with Crippen LogP contribution in [0.15, 0.2) is 48.1 Å². The van der Waals surface area contributed by atoms with E-state index in [0.717, 1.165) is 34.9 Å². The molecule has 1 amide bonds. The van der Waals surface area contributed by atoms with Gasteiger partial charge in [0.15, 0.2) is 0 Å². The lowest BCUT2D eigenvalue weighted by Gasteiger charge is -2.33. The lowest BCUT2D eigenvalue weighted by molar-refractivity contribution is 0.0127. The van der Waals surface area contributed by atoms with Gasteiger partial charge in [-0.1, -0.05) is 6.07 Å². The molecule has 4 rings (SSSR count). The van der Waals surface area contributed by atoms with Gasteiger partial charge in [0.25, 0.3) is 0 Å². The van der Waals surface area contributed by atoms with Gasteiger partial charge in [0.1, 0.15) is 17.5 Å². The van der Waals surface area contributed by atoms with Crippen LogP contribution in [-0.2, 0) is 4.74 Å². The summed E-state index contributed by atoms with van der Waals surface area (Å²) < 4.78 is 11.9. The molecule has 1 aliphatic heterocycles. The molecular weight excluding hydrogens is 384 g/mol.